The van der Waals surface area contributed by atoms with Gasteiger partial charge in [-0.2, -0.15) is 0 Å². The highest BCUT2D eigenvalue weighted by atomic mass is 15.1. The highest BCUT2D eigenvalue weighted by Gasteiger charge is 2.28. The van der Waals surface area contributed by atoms with Gasteiger partial charge in [0.05, 0.1) is 0 Å². The van der Waals surface area contributed by atoms with Crippen molar-refractivity contribution in [1.82, 2.24) is 9.97 Å². The van der Waals surface area contributed by atoms with Crippen LogP contribution in [-0.4, -0.2) is 22.6 Å². The first-order chi connectivity index (χ1) is 8.72. The van der Waals surface area contributed by atoms with Gasteiger partial charge in [0.1, 0.15) is 17.5 Å². The summed E-state index contributed by atoms with van der Waals surface area (Å²) in [5, 5.41) is 6.84. The second kappa shape index (κ2) is 6.03. The Balaban J connectivity index is 2.06. The zero-order valence-electron chi connectivity index (χ0n) is 11.7. The normalized spacial score (nSPS) is 16.4. The monoisotopic (exact) mass is 248 g/mol. The zero-order chi connectivity index (χ0) is 13.0. The van der Waals surface area contributed by atoms with Crippen LogP contribution in [0.2, 0.25) is 0 Å². The predicted molar refractivity (Wildman–Crippen MR) is 76.0 cm³/mol. The van der Waals surface area contributed by atoms with Gasteiger partial charge in [0.2, 0.25) is 0 Å². The van der Waals surface area contributed by atoms with Crippen LogP contribution in [0.15, 0.2) is 6.07 Å². The van der Waals surface area contributed by atoms with E-state index in [0.29, 0.717) is 6.04 Å². The van der Waals surface area contributed by atoms with Gasteiger partial charge in [0.25, 0.3) is 0 Å². The van der Waals surface area contributed by atoms with Crippen LogP contribution in [-0.2, 0) is 6.42 Å². The second-order valence-corrected chi connectivity index (χ2v) is 5.11. The minimum atomic E-state index is 0.517. The average molecular weight is 248 g/mol. The van der Waals surface area contributed by atoms with E-state index >= 15 is 0 Å². The Morgan fingerprint density at radius 3 is 2.61 bits per heavy atom. The van der Waals surface area contributed by atoms with Crippen molar-refractivity contribution in [3.8, 4) is 0 Å². The fraction of sp³-hybridized carbons (Fsp3) is 0.714. The van der Waals surface area contributed by atoms with Crippen LogP contribution in [0.4, 0.5) is 11.6 Å². The molecule has 4 heteroatoms. The number of aromatic nitrogens is 2. The summed E-state index contributed by atoms with van der Waals surface area (Å²) in [6.45, 7) is 7.44. The first-order valence-corrected chi connectivity index (χ1v) is 7.11. The maximum Gasteiger partial charge on any atom is 0.132 e. The molecule has 0 bridgehead atoms. The molecule has 1 aromatic rings. The maximum absolute atomic E-state index is 4.55. The fourth-order valence-corrected chi connectivity index (χ4v) is 2.02. The van der Waals surface area contributed by atoms with Gasteiger partial charge in [-0.1, -0.05) is 13.8 Å². The molecule has 0 radical (unpaired) electrons. The molecule has 1 heterocycles. The lowest BCUT2D eigenvalue weighted by atomic mass is 10.2. The third-order valence-corrected chi connectivity index (χ3v) is 3.35. The quantitative estimate of drug-likeness (QED) is 0.778. The van der Waals surface area contributed by atoms with Crippen molar-refractivity contribution >= 4 is 11.6 Å². The van der Waals surface area contributed by atoms with Crippen LogP contribution in [0.1, 0.15) is 45.9 Å². The lowest BCUT2D eigenvalue weighted by molar-refractivity contribution is 0.689. The molecule has 0 spiro atoms. The highest BCUT2D eigenvalue weighted by Crippen LogP contribution is 2.33. The van der Waals surface area contributed by atoms with Gasteiger partial charge in [0.15, 0.2) is 0 Å². The molecule has 1 aliphatic carbocycles. The summed E-state index contributed by atoms with van der Waals surface area (Å²) < 4.78 is 0. The Hall–Kier alpha value is -1.32. The lowest BCUT2D eigenvalue weighted by Gasteiger charge is -2.15. The molecule has 1 saturated carbocycles. The van der Waals surface area contributed by atoms with Crippen LogP contribution in [0, 0.1) is 5.92 Å². The molecule has 1 atom stereocenters. The summed E-state index contributed by atoms with van der Waals surface area (Å²) in [7, 11) is 0. The van der Waals surface area contributed by atoms with Crippen molar-refractivity contribution in [1.29, 1.82) is 0 Å². The number of rotatable bonds is 7. The van der Waals surface area contributed by atoms with Crippen LogP contribution < -0.4 is 10.6 Å². The number of nitrogens with zero attached hydrogens (tertiary/aromatic N) is 2. The SMILES string of the molecule is CCCNc1cc(NC(C)C2CC2)nc(CC)n1. The third kappa shape index (κ3) is 3.59. The molecule has 100 valence electrons. The zero-order valence-corrected chi connectivity index (χ0v) is 11.7. The van der Waals surface area contributed by atoms with Gasteiger partial charge in [0, 0.05) is 25.1 Å². The number of aryl methyl sites for hydroxylation is 1. The number of nitrogens with one attached hydrogen (secondary N) is 2. The van der Waals surface area contributed by atoms with Crippen molar-refractivity contribution in [2.75, 3.05) is 17.2 Å². The van der Waals surface area contributed by atoms with Gasteiger partial charge < -0.3 is 10.6 Å². The number of hydrogen-bond acceptors (Lipinski definition) is 4. The van der Waals surface area contributed by atoms with Crippen LogP contribution in [0.3, 0.4) is 0 Å². The summed E-state index contributed by atoms with van der Waals surface area (Å²) >= 11 is 0. The average Bonchev–Trinajstić information content (AvgIpc) is 3.20. The van der Waals surface area contributed by atoms with E-state index in [1.165, 1.54) is 12.8 Å². The third-order valence-electron chi connectivity index (χ3n) is 3.35. The van der Waals surface area contributed by atoms with E-state index in [1.54, 1.807) is 0 Å². The molecule has 0 aliphatic heterocycles. The van der Waals surface area contributed by atoms with Gasteiger partial charge in [-0.25, -0.2) is 9.97 Å². The van der Waals surface area contributed by atoms with E-state index in [-0.39, 0.29) is 0 Å². The molecule has 18 heavy (non-hydrogen) atoms. The van der Waals surface area contributed by atoms with Gasteiger partial charge in [-0.3, -0.25) is 0 Å². The number of anilines is 2. The van der Waals surface area contributed by atoms with Crippen molar-refractivity contribution in [3.63, 3.8) is 0 Å². The Kier molecular flexibility index (Phi) is 4.39. The van der Waals surface area contributed by atoms with E-state index in [0.717, 1.165) is 42.8 Å². The van der Waals surface area contributed by atoms with E-state index in [2.05, 4.69) is 41.4 Å². The molecule has 1 aliphatic rings. The topological polar surface area (TPSA) is 49.8 Å². The molecule has 2 rings (SSSR count). The lowest BCUT2D eigenvalue weighted by Crippen LogP contribution is -2.19. The Morgan fingerprint density at radius 2 is 2.00 bits per heavy atom. The van der Waals surface area contributed by atoms with E-state index in [1.807, 2.05) is 6.07 Å². The van der Waals surface area contributed by atoms with E-state index < -0.39 is 0 Å². The van der Waals surface area contributed by atoms with Crippen LogP contribution in [0.5, 0.6) is 0 Å². The Bertz CT molecular complexity index is 387. The van der Waals surface area contributed by atoms with Crippen molar-refractivity contribution in [2.24, 2.45) is 5.92 Å². The molecule has 2 N–H and O–H groups in total. The summed E-state index contributed by atoms with van der Waals surface area (Å²) in [6, 6.07) is 2.54. The largest absolute Gasteiger partial charge is 0.370 e. The Morgan fingerprint density at radius 1 is 1.28 bits per heavy atom. The summed E-state index contributed by atoms with van der Waals surface area (Å²) in [6.07, 6.45) is 4.67. The molecule has 1 aromatic heterocycles. The standard InChI is InChI=1S/C14H24N4/c1-4-8-15-13-9-14(18-12(5-2)17-13)16-10(3)11-6-7-11/h9-11H,4-8H2,1-3H3,(H2,15,16,17,18). The molecule has 4 nitrogen and oxygen atoms in total. The van der Waals surface area contributed by atoms with E-state index in [4.69, 9.17) is 0 Å². The predicted octanol–water partition coefficient (Wildman–Crippen LogP) is 3.07. The van der Waals surface area contributed by atoms with Gasteiger partial charge >= 0.3 is 0 Å². The highest BCUT2D eigenvalue weighted by molar-refractivity contribution is 5.48. The van der Waals surface area contributed by atoms with Crippen molar-refractivity contribution < 1.29 is 0 Å². The minimum Gasteiger partial charge on any atom is -0.370 e. The minimum absolute atomic E-state index is 0.517. The molecular weight excluding hydrogens is 224 g/mol. The van der Waals surface area contributed by atoms with Crippen LogP contribution >= 0.6 is 0 Å². The molecule has 0 saturated heterocycles. The number of hydrogen-bond donors (Lipinski definition) is 2. The molecule has 0 amide bonds. The van der Waals surface area contributed by atoms with Gasteiger partial charge in [-0.05, 0) is 32.1 Å². The van der Waals surface area contributed by atoms with Crippen LogP contribution in [0.25, 0.3) is 0 Å². The Labute approximate surface area is 110 Å². The van der Waals surface area contributed by atoms with E-state index in [9.17, 15) is 0 Å². The molecular formula is C14H24N4. The van der Waals surface area contributed by atoms with Crippen molar-refractivity contribution in [3.05, 3.63) is 11.9 Å². The molecule has 1 fully saturated rings. The smallest absolute Gasteiger partial charge is 0.132 e. The maximum atomic E-state index is 4.55. The molecule has 1 unspecified atom stereocenters. The molecule has 0 aromatic carbocycles. The first kappa shape index (κ1) is 13.1. The summed E-state index contributed by atoms with van der Waals surface area (Å²) in [5.41, 5.74) is 0. The van der Waals surface area contributed by atoms with Crippen molar-refractivity contribution in [2.45, 2.75) is 52.5 Å². The first-order valence-electron chi connectivity index (χ1n) is 7.11. The van der Waals surface area contributed by atoms with Gasteiger partial charge in [-0.15, -0.1) is 0 Å². The summed E-state index contributed by atoms with van der Waals surface area (Å²) in [5.74, 6) is 3.63. The second-order valence-electron chi connectivity index (χ2n) is 5.11. The fourth-order valence-electron chi connectivity index (χ4n) is 2.02. The summed E-state index contributed by atoms with van der Waals surface area (Å²) in [4.78, 5) is 9.04.